The van der Waals surface area contributed by atoms with E-state index in [0.29, 0.717) is 11.5 Å². The highest BCUT2D eigenvalue weighted by Gasteiger charge is 2.23. The van der Waals surface area contributed by atoms with E-state index in [4.69, 9.17) is 5.73 Å². The van der Waals surface area contributed by atoms with Crippen molar-refractivity contribution < 1.29 is 13.2 Å². The second-order valence-corrected chi connectivity index (χ2v) is 7.57. The average Bonchev–Trinajstić information content (AvgIpc) is 2.56. The lowest BCUT2D eigenvalue weighted by molar-refractivity contribution is 0.102. The molecule has 0 radical (unpaired) electrons. The fourth-order valence-electron chi connectivity index (χ4n) is 1.92. The van der Waals surface area contributed by atoms with Crippen molar-refractivity contribution in [2.24, 2.45) is 0 Å². The van der Waals surface area contributed by atoms with Crippen molar-refractivity contribution >= 4 is 39.8 Å². The van der Waals surface area contributed by atoms with E-state index in [0.717, 1.165) is 0 Å². The number of rotatable bonds is 5. The number of nitrogen functional groups attached to an aromatic ring is 1. The van der Waals surface area contributed by atoms with Gasteiger partial charge < -0.3 is 11.1 Å². The molecule has 0 saturated carbocycles. The summed E-state index contributed by atoms with van der Waals surface area (Å²) in [7, 11) is -2.14. The van der Waals surface area contributed by atoms with Gasteiger partial charge in [-0.3, -0.25) is 4.79 Å². The zero-order valence-electron chi connectivity index (χ0n) is 14.1. The van der Waals surface area contributed by atoms with Crippen molar-refractivity contribution in [1.29, 1.82) is 0 Å². The van der Waals surface area contributed by atoms with Crippen LogP contribution in [0.3, 0.4) is 0 Å². The Balaban J connectivity index is 0.00000312. The van der Waals surface area contributed by atoms with E-state index < -0.39 is 15.9 Å². The Morgan fingerprint density at radius 3 is 2.48 bits per heavy atom. The Morgan fingerprint density at radius 2 is 1.92 bits per heavy atom. The summed E-state index contributed by atoms with van der Waals surface area (Å²) in [6.07, 6.45) is 1.43. The second-order valence-electron chi connectivity index (χ2n) is 5.57. The highest BCUT2D eigenvalue weighted by atomic mass is 35.5. The summed E-state index contributed by atoms with van der Waals surface area (Å²) < 4.78 is 26.3. The number of carbonyl (C=O) groups excluding carboxylic acids is 1. The van der Waals surface area contributed by atoms with Crippen LogP contribution in [0.4, 0.5) is 11.5 Å². The summed E-state index contributed by atoms with van der Waals surface area (Å²) in [4.78, 5) is 16.3. The van der Waals surface area contributed by atoms with Crippen molar-refractivity contribution in [1.82, 2.24) is 9.29 Å². The normalized spacial score (nSPS) is 11.2. The third-order valence-corrected chi connectivity index (χ3v) is 5.57. The van der Waals surface area contributed by atoms with Crippen LogP contribution in [-0.2, 0) is 10.0 Å². The minimum atomic E-state index is -3.65. The number of aromatic nitrogens is 1. The molecule has 0 bridgehead atoms. The molecular weight excluding hydrogens is 364 g/mol. The van der Waals surface area contributed by atoms with Crippen LogP contribution >= 0.6 is 12.4 Å². The van der Waals surface area contributed by atoms with E-state index in [1.54, 1.807) is 32.0 Å². The largest absolute Gasteiger partial charge is 0.384 e. The van der Waals surface area contributed by atoms with Crippen molar-refractivity contribution in [3.05, 3.63) is 48.2 Å². The highest BCUT2D eigenvalue weighted by Crippen LogP contribution is 2.18. The minimum absolute atomic E-state index is 0. The monoisotopic (exact) mass is 384 g/mol. The number of pyridine rings is 1. The number of nitrogens with two attached hydrogens (primary N) is 1. The first-order valence-electron chi connectivity index (χ1n) is 7.33. The van der Waals surface area contributed by atoms with Crippen molar-refractivity contribution in [3.8, 4) is 0 Å². The van der Waals surface area contributed by atoms with Crippen LogP contribution in [0.2, 0.25) is 0 Å². The zero-order chi connectivity index (χ0) is 17.9. The molecule has 0 aliphatic carbocycles. The summed E-state index contributed by atoms with van der Waals surface area (Å²) in [5.74, 6) is -0.0800. The van der Waals surface area contributed by atoms with E-state index in [9.17, 15) is 13.2 Å². The van der Waals surface area contributed by atoms with Crippen LogP contribution in [-0.4, -0.2) is 36.7 Å². The molecule has 9 heteroatoms. The minimum Gasteiger partial charge on any atom is -0.384 e. The summed E-state index contributed by atoms with van der Waals surface area (Å²) in [5, 5.41) is 2.65. The van der Waals surface area contributed by atoms with Gasteiger partial charge in [-0.1, -0.05) is 6.07 Å². The third-order valence-electron chi connectivity index (χ3n) is 3.54. The maximum Gasteiger partial charge on any atom is 0.255 e. The van der Waals surface area contributed by atoms with Crippen LogP contribution in [0.5, 0.6) is 0 Å². The molecule has 2 rings (SSSR count). The first-order chi connectivity index (χ1) is 11.2. The van der Waals surface area contributed by atoms with Gasteiger partial charge in [-0.25, -0.2) is 13.4 Å². The predicted octanol–water partition coefficient (Wildman–Crippen LogP) is 2.37. The van der Waals surface area contributed by atoms with E-state index in [2.05, 4.69) is 10.3 Å². The highest BCUT2D eigenvalue weighted by molar-refractivity contribution is 7.89. The van der Waals surface area contributed by atoms with Gasteiger partial charge in [0.2, 0.25) is 10.0 Å². The molecule has 0 saturated heterocycles. The molecule has 25 heavy (non-hydrogen) atoms. The number of halogens is 1. The number of benzene rings is 1. The molecule has 7 nitrogen and oxygen atoms in total. The molecule has 0 aliphatic heterocycles. The number of amides is 1. The van der Waals surface area contributed by atoms with E-state index in [1.165, 1.54) is 35.7 Å². The maximum absolute atomic E-state index is 12.5. The van der Waals surface area contributed by atoms with Crippen molar-refractivity contribution in [2.75, 3.05) is 18.1 Å². The SMILES string of the molecule is CC(C)N(C)S(=O)(=O)c1cccc(C(=O)Nc2ccc(N)nc2)c1.Cl. The zero-order valence-corrected chi connectivity index (χ0v) is 15.8. The first kappa shape index (κ1) is 20.9. The Labute approximate surface area is 153 Å². The molecule has 0 aliphatic rings. The standard InChI is InChI=1S/C16H20N4O3S.ClH/c1-11(2)20(3)24(22,23)14-6-4-5-12(9-14)16(21)19-13-7-8-15(17)18-10-13;/h4-11H,1-3H3,(H2,17,18)(H,19,21);1H. The summed E-state index contributed by atoms with van der Waals surface area (Å²) >= 11 is 0. The number of hydrogen-bond donors (Lipinski definition) is 2. The lowest BCUT2D eigenvalue weighted by Crippen LogP contribution is -2.33. The van der Waals surface area contributed by atoms with E-state index in [-0.39, 0.29) is 28.9 Å². The third kappa shape index (κ3) is 4.91. The second kappa shape index (κ2) is 8.28. The lowest BCUT2D eigenvalue weighted by atomic mass is 10.2. The summed E-state index contributed by atoms with van der Waals surface area (Å²) in [5.41, 5.74) is 6.21. The molecule has 136 valence electrons. The number of carbonyl (C=O) groups is 1. The molecular formula is C16H21ClN4O3S. The molecule has 0 fully saturated rings. The molecule has 1 heterocycles. The number of nitrogens with one attached hydrogen (secondary N) is 1. The average molecular weight is 385 g/mol. The Hall–Kier alpha value is -2.16. The molecule has 3 N–H and O–H groups in total. The number of hydrogen-bond acceptors (Lipinski definition) is 5. The van der Waals surface area contributed by atoms with Gasteiger partial charge in [0.25, 0.3) is 5.91 Å². The fourth-order valence-corrected chi connectivity index (χ4v) is 3.34. The lowest BCUT2D eigenvalue weighted by Gasteiger charge is -2.21. The number of nitrogens with zero attached hydrogens (tertiary/aromatic N) is 2. The quantitative estimate of drug-likeness (QED) is 0.823. The maximum atomic E-state index is 12.5. The van der Waals surface area contributed by atoms with Gasteiger partial charge in [0, 0.05) is 18.7 Å². The molecule has 0 unspecified atom stereocenters. The van der Waals surface area contributed by atoms with Crippen LogP contribution in [0.25, 0.3) is 0 Å². The van der Waals surface area contributed by atoms with Gasteiger partial charge >= 0.3 is 0 Å². The topological polar surface area (TPSA) is 105 Å². The van der Waals surface area contributed by atoms with Crippen molar-refractivity contribution in [3.63, 3.8) is 0 Å². The molecule has 0 atom stereocenters. The molecule has 1 aromatic carbocycles. The van der Waals surface area contributed by atoms with Gasteiger partial charge in [0.05, 0.1) is 16.8 Å². The Kier molecular flexibility index (Phi) is 6.92. The molecule has 1 amide bonds. The van der Waals surface area contributed by atoms with E-state index >= 15 is 0 Å². The molecule has 1 aromatic heterocycles. The predicted molar refractivity (Wildman–Crippen MR) is 100 cm³/mol. The summed E-state index contributed by atoms with van der Waals surface area (Å²) in [6, 6.07) is 8.91. The van der Waals surface area contributed by atoms with Crippen LogP contribution in [0.15, 0.2) is 47.5 Å². The number of anilines is 2. The summed E-state index contributed by atoms with van der Waals surface area (Å²) in [6.45, 7) is 3.56. The Morgan fingerprint density at radius 1 is 1.24 bits per heavy atom. The van der Waals surface area contributed by atoms with Crippen LogP contribution < -0.4 is 11.1 Å². The Bertz CT molecular complexity index is 839. The van der Waals surface area contributed by atoms with Gasteiger partial charge in [0.15, 0.2) is 0 Å². The molecule has 2 aromatic rings. The molecule has 0 spiro atoms. The smallest absolute Gasteiger partial charge is 0.255 e. The van der Waals surface area contributed by atoms with Gasteiger partial charge in [-0.05, 0) is 44.2 Å². The van der Waals surface area contributed by atoms with Gasteiger partial charge in [-0.15, -0.1) is 12.4 Å². The van der Waals surface area contributed by atoms with Gasteiger partial charge in [-0.2, -0.15) is 4.31 Å². The van der Waals surface area contributed by atoms with Crippen LogP contribution in [0, 0.1) is 0 Å². The number of sulfonamides is 1. The van der Waals surface area contributed by atoms with Gasteiger partial charge in [0.1, 0.15) is 5.82 Å². The van der Waals surface area contributed by atoms with Crippen molar-refractivity contribution in [2.45, 2.75) is 24.8 Å². The van der Waals surface area contributed by atoms with E-state index in [1.807, 2.05) is 0 Å². The fraction of sp³-hybridized carbons (Fsp3) is 0.250. The first-order valence-corrected chi connectivity index (χ1v) is 8.77. The van der Waals surface area contributed by atoms with Crippen LogP contribution in [0.1, 0.15) is 24.2 Å².